The second kappa shape index (κ2) is 10.2. The Morgan fingerprint density at radius 1 is 1.16 bits per heavy atom. The lowest BCUT2D eigenvalue weighted by Crippen LogP contribution is -2.37. The number of amides is 1. The number of rotatable bonds is 9. The number of nitrogens with zero attached hydrogens (tertiary/aromatic N) is 2. The maximum Gasteiger partial charge on any atom is 0.261 e. The van der Waals surface area contributed by atoms with Crippen LogP contribution in [-0.2, 0) is 11.3 Å². The summed E-state index contributed by atoms with van der Waals surface area (Å²) in [6.07, 6.45) is -0.171. The number of nitrogens with one attached hydrogen (secondary N) is 1. The van der Waals surface area contributed by atoms with Gasteiger partial charge in [-0.25, -0.2) is 0 Å². The highest BCUT2D eigenvalue weighted by Gasteiger charge is 2.20. The van der Waals surface area contributed by atoms with Crippen molar-refractivity contribution in [3.8, 4) is 28.6 Å². The van der Waals surface area contributed by atoms with Crippen molar-refractivity contribution in [2.24, 2.45) is 0 Å². The van der Waals surface area contributed by atoms with E-state index in [0.717, 1.165) is 5.56 Å². The molecule has 1 unspecified atom stereocenters. The second-order valence-corrected chi connectivity index (χ2v) is 7.13. The Balaban J connectivity index is 1.64. The second-order valence-electron chi connectivity index (χ2n) is 6.72. The molecule has 1 amide bonds. The van der Waals surface area contributed by atoms with Gasteiger partial charge < -0.3 is 24.1 Å². The number of carbonyl (C=O) groups excluding carboxylic acids is 1. The van der Waals surface area contributed by atoms with Crippen molar-refractivity contribution < 1.29 is 23.5 Å². The number of ether oxygens (including phenoxy) is 3. The van der Waals surface area contributed by atoms with Gasteiger partial charge in [-0.2, -0.15) is 4.98 Å². The minimum absolute atomic E-state index is 0.0732. The van der Waals surface area contributed by atoms with Crippen molar-refractivity contribution in [3.63, 3.8) is 0 Å². The minimum atomic E-state index is -0.662. The van der Waals surface area contributed by atoms with Gasteiger partial charge in [0.25, 0.3) is 5.91 Å². The van der Waals surface area contributed by atoms with Crippen molar-refractivity contribution in [1.29, 1.82) is 0 Å². The van der Waals surface area contributed by atoms with Crippen LogP contribution in [0, 0.1) is 6.92 Å². The molecule has 8 nitrogen and oxygen atoms in total. The van der Waals surface area contributed by atoms with E-state index in [0.29, 0.717) is 40.1 Å². The first kappa shape index (κ1) is 22.4. The molecule has 31 heavy (non-hydrogen) atoms. The Kier molecular flexibility index (Phi) is 7.36. The average molecular weight is 446 g/mol. The summed E-state index contributed by atoms with van der Waals surface area (Å²) in [7, 11) is 3.12. The van der Waals surface area contributed by atoms with Crippen LogP contribution in [0.3, 0.4) is 0 Å². The van der Waals surface area contributed by atoms with E-state index in [-0.39, 0.29) is 18.3 Å². The first-order valence-corrected chi connectivity index (χ1v) is 10.1. The molecule has 1 N–H and O–H groups in total. The lowest BCUT2D eigenvalue weighted by molar-refractivity contribution is -0.128. The first-order valence-electron chi connectivity index (χ1n) is 9.70. The molecule has 1 heterocycles. The Hall–Kier alpha value is -3.26. The standard InChI is InChI=1S/C22H24ClN3O5/c1-5-18(30-15-7-9-17(23)13(2)10-15)22(27)24-12-20-25-21(26-31-20)16-8-6-14(28-3)11-19(16)29-4/h6-11,18H,5,12H2,1-4H3,(H,24,27). The van der Waals surface area contributed by atoms with Crippen LogP contribution in [0.4, 0.5) is 0 Å². The van der Waals surface area contributed by atoms with Gasteiger partial charge in [-0.15, -0.1) is 0 Å². The molecular formula is C22H24ClN3O5. The Labute approximate surface area is 185 Å². The smallest absolute Gasteiger partial charge is 0.261 e. The fraction of sp³-hybridized carbons (Fsp3) is 0.318. The van der Waals surface area contributed by atoms with Crippen molar-refractivity contribution >= 4 is 17.5 Å². The van der Waals surface area contributed by atoms with E-state index in [2.05, 4.69) is 15.5 Å². The third kappa shape index (κ3) is 5.46. The molecule has 0 saturated carbocycles. The number of methoxy groups -OCH3 is 2. The predicted octanol–water partition coefficient (Wildman–Crippen LogP) is 4.19. The molecule has 9 heteroatoms. The van der Waals surface area contributed by atoms with E-state index in [1.807, 2.05) is 13.8 Å². The van der Waals surface area contributed by atoms with E-state index in [1.165, 1.54) is 0 Å². The van der Waals surface area contributed by atoms with E-state index in [4.69, 9.17) is 30.3 Å². The Bertz CT molecular complexity index is 1050. The van der Waals surface area contributed by atoms with Crippen LogP contribution in [0.25, 0.3) is 11.4 Å². The number of aromatic nitrogens is 2. The van der Waals surface area contributed by atoms with Crippen molar-refractivity contribution in [1.82, 2.24) is 15.5 Å². The normalized spacial score (nSPS) is 11.6. The summed E-state index contributed by atoms with van der Waals surface area (Å²) in [6, 6.07) is 10.6. The van der Waals surface area contributed by atoms with Crippen LogP contribution in [0.2, 0.25) is 5.02 Å². The van der Waals surface area contributed by atoms with Gasteiger partial charge in [0.05, 0.1) is 26.3 Å². The predicted molar refractivity (Wildman–Crippen MR) is 116 cm³/mol. The van der Waals surface area contributed by atoms with Crippen LogP contribution < -0.4 is 19.5 Å². The summed E-state index contributed by atoms with van der Waals surface area (Å²) < 4.78 is 21.6. The molecular weight excluding hydrogens is 422 g/mol. The zero-order valence-corrected chi connectivity index (χ0v) is 18.5. The van der Waals surface area contributed by atoms with Gasteiger partial charge in [0.15, 0.2) is 6.10 Å². The van der Waals surface area contributed by atoms with Gasteiger partial charge in [-0.3, -0.25) is 4.79 Å². The van der Waals surface area contributed by atoms with Gasteiger partial charge in [0.1, 0.15) is 17.2 Å². The maximum absolute atomic E-state index is 12.6. The van der Waals surface area contributed by atoms with Crippen molar-refractivity contribution in [2.45, 2.75) is 32.9 Å². The van der Waals surface area contributed by atoms with Gasteiger partial charge in [0, 0.05) is 11.1 Å². The SMILES string of the molecule is CCC(Oc1ccc(Cl)c(C)c1)C(=O)NCc1nc(-c2ccc(OC)cc2OC)no1. The van der Waals surface area contributed by atoms with Crippen LogP contribution in [-0.4, -0.2) is 36.4 Å². The molecule has 164 valence electrons. The summed E-state index contributed by atoms with van der Waals surface area (Å²) in [5, 5.41) is 7.39. The summed E-state index contributed by atoms with van der Waals surface area (Å²) in [5.74, 6) is 2.11. The molecule has 0 aliphatic heterocycles. The number of aryl methyl sites for hydroxylation is 1. The van der Waals surface area contributed by atoms with Crippen LogP contribution in [0.5, 0.6) is 17.2 Å². The first-order chi connectivity index (χ1) is 14.9. The molecule has 3 rings (SSSR count). The number of benzene rings is 2. The van der Waals surface area contributed by atoms with E-state index in [9.17, 15) is 4.79 Å². The van der Waals surface area contributed by atoms with Crippen LogP contribution >= 0.6 is 11.6 Å². The quantitative estimate of drug-likeness (QED) is 0.527. The highest BCUT2D eigenvalue weighted by atomic mass is 35.5. The van der Waals surface area contributed by atoms with E-state index < -0.39 is 6.10 Å². The largest absolute Gasteiger partial charge is 0.497 e. The molecule has 0 radical (unpaired) electrons. The van der Waals surface area contributed by atoms with E-state index in [1.54, 1.807) is 50.6 Å². The van der Waals surface area contributed by atoms with Gasteiger partial charge in [-0.1, -0.05) is 23.7 Å². The fourth-order valence-corrected chi connectivity index (χ4v) is 2.99. The molecule has 0 bridgehead atoms. The summed E-state index contributed by atoms with van der Waals surface area (Å²) >= 11 is 6.04. The maximum atomic E-state index is 12.6. The number of hydrogen-bond donors (Lipinski definition) is 1. The Morgan fingerprint density at radius 3 is 2.61 bits per heavy atom. The van der Waals surface area contributed by atoms with Gasteiger partial charge >= 0.3 is 0 Å². The lowest BCUT2D eigenvalue weighted by Gasteiger charge is -2.17. The van der Waals surface area contributed by atoms with Crippen LogP contribution in [0.1, 0.15) is 24.8 Å². The van der Waals surface area contributed by atoms with Gasteiger partial charge in [-0.05, 0) is 49.2 Å². The third-order valence-electron chi connectivity index (χ3n) is 4.60. The molecule has 2 aromatic carbocycles. The molecule has 0 saturated heterocycles. The monoisotopic (exact) mass is 445 g/mol. The zero-order chi connectivity index (χ0) is 22.4. The molecule has 1 aromatic heterocycles. The highest BCUT2D eigenvalue weighted by Crippen LogP contribution is 2.31. The van der Waals surface area contributed by atoms with Crippen molar-refractivity contribution in [2.75, 3.05) is 14.2 Å². The zero-order valence-electron chi connectivity index (χ0n) is 17.8. The summed E-state index contributed by atoms with van der Waals surface area (Å²) in [6.45, 7) is 3.82. The highest BCUT2D eigenvalue weighted by molar-refractivity contribution is 6.31. The van der Waals surface area contributed by atoms with Crippen molar-refractivity contribution in [3.05, 3.63) is 52.9 Å². The molecule has 1 atom stereocenters. The topological polar surface area (TPSA) is 95.7 Å². The number of carbonyl (C=O) groups is 1. The number of hydrogen-bond acceptors (Lipinski definition) is 7. The van der Waals surface area contributed by atoms with Gasteiger partial charge in [0.2, 0.25) is 11.7 Å². The van der Waals surface area contributed by atoms with Crippen LogP contribution in [0.15, 0.2) is 40.9 Å². The molecule has 0 aliphatic carbocycles. The number of halogens is 1. The molecule has 0 spiro atoms. The Morgan fingerprint density at radius 2 is 1.94 bits per heavy atom. The summed E-state index contributed by atoms with van der Waals surface area (Å²) in [4.78, 5) is 16.9. The summed E-state index contributed by atoms with van der Waals surface area (Å²) in [5.41, 5.74) is 1.53. The lowest BCUT2D eigenvalue weighted by atomic mass is 10.2. The molecule has 0 fully saturated rings. The average Bonchev–Trinajstić information content (AvgIpc) is 3.26. The van der Waals surface area contributed by atoms with E-state index >= 15 is 0 Å². The third-order valence-corrected chi connectivity index (χ3v) is 5.03. The molecule has 0 aliphatic rings. The minimum Gasteiger partial charge on any atom is -0.497 e. The molecule has 3 aromatic rings. The fourth-order valence-electron chi connectivity index (χ4n) is 2.87.